The number of hydrogen-bond donors (Lipinski definition) is 3. The second-order valence-electron chi connectivity index (χ2n) is 9.43. The molecule has 3 rings (SSSR count). The Kier molecular flexibility index (Phi) is 7.91. The molecule has 186 valence electrons. The number of aliphatic carboxylic acids is 1. The van der Waals surface area contributed by atoms with Crippen LogP contribution in [0.1, 0.15) is 54.8 Å². The van der Waals surface area contributed by atoms with Gasteiger partial charge in [-0.3, -0.25) is 9.59 Å². The highest BCUT2D eigenvalue weighted by Crippen LogP contribution is 2.25. The molecule has 3 aromatic rings. The summed E-state index contributed by atoms with van der Waals surface area (Å²) in [4.78, 5) is 24.6. The van der Waals surface area contributed by atoms with Crippen LogP contribution in [0.4, 0.5) is 4.39 Å². The van der Waals surface area contributed by atoms with E-state index in [0.29, 0.717) is 11.3 Å². The number of halogens is 1. The molecule has 2 atom stereocenters. The van der Waals surface area contributed by atoms with Gasteiger partial charge in [0.05, 0.1) is 24.3 Å². The van der Waals surface area contributed by atoms with E-state index in [1.165, 1.54) is 28.9 Å². The average molecular weight is 484 g/mol. The maximum atomic E-state index is 13.9. The Labute approximate surface area is 203 Å². The fourth-order valence-electron chi connectivity index (χ4n) is 3.41. The van der Waals surface area contributed by atoms with Crippen molar-refractivity contribution in [3.63, 3.8) is 0 Å². The first kappa shape index (κ1) is 25.9. The Balaban J connectivity index is 1.93. The Hall–Kier alpha value is -3.72. The minimum atomic E-state index is -1.07. The Bertz CT molecular complexity index is 1200. The lowest BCUT2D eigenvalue weighted by Gasteiger charge is -2.25. The largest absolute Gasteiger partial charge is 0.481 e. The van der Waals surface area contributed by atoms with Gasteiger partial charge in [0.2, 0.25) is 5.88 Å². The van der Waals surface area contributed by atoms with Crippen molar-refractivity contribution in [3.05, 3.63) is 77.2 Å². The summed E-state index contributed by atoms with van der Waals surface area (Å²) in [5.74, 6) is -2.04. The third-order valence-electron chi connectivity index (χ3n) is 5.60. The van der Waals surface area contributed by atoms with Gasteiger partial charge in [0, 0.05) is 6.07 Å². The number of aryl methyl sites for hydroxylation is 1. The maximum absolute atomic E-state index is 13.9. The zero-order valence-corrected chi connectivity index (χ0v) is 20.2. The maximum Gasteiger partial charge on any atom is 0.305 e. The highest BCUT2D eigenvalue weighted by molar-refractivity contribution is 5.93. The number of carbonyl (C=O) groups excluding carboxylic acids is 1. The molecule has 2 aromatic carbocycles. The molecule has 0 unspecified atom stereocenters. The van der Waals surface area contributed by atoms with Crippen molar-refractivity contribution in [3.8, 4) is 11.6 Å². The number of carboxylic acid groups (broad SMARTS) is 1. The van der Waals surface area contributed by atoms with Crippen molar-refractivity contribution in [1.29, 1.82) is 0 Å². The minimum absolute atomic E-state index is 0.0431. The van der Waals surface area contributed by atoms with Crippen LogP contribution < -0.4 is 10.1 Å². The van der Waals surface area contributed by atoms with E-state index in [9.17, 15) is 24.2 Å². The molecule has 35 heavy (non-hydrogen) atoms. The van der Waals surface area contributed by atoms with Gasteiger partial charge >= 0.3 is 5.97 Å². The molecule has 0 fully saturated rings. The standard InChI is InChI=1S/C26H30FN3O5/c1-16-8-5-6-11-19(16)20(14-24(32)33)28-25(34)21-13-23(35-15-22(31)26(2,3)4)30(29-21)18-10-7-9-17(27)12-18/h5-13,20,22,31H,14-15H2,1-4H3,(H,28,34)(H,32,33)/t20-,22-/m0/s1. The molecule has 0 aliphatic rings. The number of hydrogen-bond acceptors (Lipinski definition) is 5. The van der Waals surface area contributed by atoms with Crippen LogP contribution in [-0.2, 0) is 4.79 Å². The smallest absolute Gasteiger partial charge is 0.305 e. The van der Waals surface area contributed by atoms with Crippen LogP contribution >= 0.6 is 0 Å². The van der Waals surface area contributed by atoms with Crippen LogP contribution in [0, 0.1) is 18.2 Å². The highest BCUT2D eigenvalue weighted by atomic mass is 19.1. The highest BCUT2D eigenvalue weighted by Gasteiger charge is 2.26. The predicted octanol–water partition coefficient (Wildman–Crippen LogP) is 4.05. The molecular weight excluding hydrogens is 453 g/mol. The normalized spacial score (nSPS) is 13.2. The number of amides is 1. The number of aliphatic hydroxyl groups excluding tert-OH is 1. The van der Waals surface area contributed by atoms with Crippen molar-refractivity contribution in [1.82, 2.24) is 15.1 Å². The Morgan fingerprint density at radius 1 is 1.14 bits per heavy atom. The van der Waals surface area contributed by atoms with Gasteiger partial charge in [0.25, 0.3) is 5.91 Å². The molecular formula is C26H30FN3O5. The second kappa shape index (κ2) is 10.7. The van der Waals surface area contributed by atoms with E-state index in [-0.39, 0.29) is 24.6 Å². The van der Waals surface area contributed by atoms with Gasteiger partial charge in [-0.15, -0.1) is 0 Å². The summed E-state index contributed by atoms with van der Waals surface area (Å²) < 4.78 is 20.9. The topological polar surface area (TPSA) is 114 Å². The second-order valence-corrected chi connectivity index (χ2v) is 9.43. The molecule has 0 saturated carbocycles. The zero-order chi connectivity index (χ0) is 25.8. The molecule has 0 spiro atoms. The van der Waals surface area contributed by atoms with Gasteiger partial charge in [-0.25, -0.2) is 9.07 Å². The number of carboxylic acids is 1. The first-order valence-electron chi connectivity index (χ1n) is 11.2. The number of nitrogens with zero attached hydrogens (tertiary/aromatic N) is 2. The summed E-state index contributed by atoms with van der Waals surface area (Å²) in [7, 11) is 0. The van der Waals surface area contributed by atoms with Crippen molar-refractivity contribution < 1.29 is 28.9 Å². The average Bonchev–Trinajstić information content (AvgIpc) is 3.21. The number of carbonyl (C=O) groups is 2. The number of rotatable bonds is 9. The molecule has 1 amide bonds. The molecule has 3 N–H and O–H groups in total. The van der Waals surface area contributed by atoms with Crippen molar-refractivity contribution in [2.45, 2.75) is 46.3 Å². The molecule has 0 saturated heterocycles. The Morgan fingerprint density at radius 3 is 2.49 bits per heavy atom. The molecule has 0 aliphatic heterocycles. The number of benzene rings is 2. The zero-order valence-electron chi connectivity index (χ0n) is 20.2. The predicted molar refractivity (Wildman–Crippen MR) is 128 cm³/mol. The number of nitrogens with one attached hydrogen (secondary N) is 1. The number of aliphatic hydroxyl groups is 1. The lowest BCUT2D eigenvalue weighted by atomic mass is 9.90. The molecule has 1 aromatic heterocycles. The SMILES string of the molecule is Cc1ccccc1[C@H](CC(=O)O)NC(=O)c1cc(OC[C@H](O)C(C)(C)C)n(-c2cccc(F)c2)n1. The Morgan fingerprint density at radius 2 is 1.86 bits per heavy atom. The molecule has 1 heterocycles. The summed E-state index contributed by atoms with van der Waals surface area (Å²) in [5.41, 5.74) is 1.35. The summed E-state index contributed by atoms with van der Waals surface area (Å²) >= 11 is 0. The first-order chi connectivity index (χ1) is 16.5. The van der Waals surface area contributed by atoms with Crippen LogP contribution in [0.15, 0.2) is 54.6 Å². The van der Waals surface area contributed by atoms with Gasteiger partial charge in [0.15, 0.2) is 5.69 Å². The summed E-state index contributed by atoms with van der Waals surface area (Å²) in [6.07, 6.45) is -1.13. The van der Waals surface area contributed by atoms with Crippen molar-refractivity contribution >= 4 is 11.9 Å². The van der Waals surface area contributed by atoms with E-state index in [0.717, 1.165) is 5.56 Å². The lowest BCUT2D eigenvalue weighted by Crippen LogP contribution is -2.32. The van der Waals surface area contributed by atoms with Crippen LogP contribution in [0.2, 0.25) is 0 Å². The number of ether oxygens (including phenoxy) is 1. The fraction of sp³-hybridized carbons (Fsp3) is 0.346. The summed E-state index contributed by atoms with van der Waals surface area (Å²) in [6, 6.07) is 13.4. The van der Waals surface area contributed by atoms with Crippen LogP contribution in [-0.4, -0.2) is 44.6 Å². The van der Waals surface area contributed by atoms with Gasteiger partial charge in [-0.2, -0.15) is 5.10 Å². The lowest BCUT2D eigenvalue weighted by molar-refractivity contribution is -0.137. The van der Waals surface area contributed by atoms with E-state index in [1.54, 1.807) is 18.2 Å². The van der Waals surface area contributed by atoms with E-state index in [2.05, 4.69) is 10.4 Å². The fourth-order valence-corrected chi connectivity index (χ4v) is 3.41. The van der Waals surface area contributed by atoms with Gasteiger partial charge in [-0.05, 0) is 41.7 Å². The third-order valence-corrected chi connectivity index (χ3v) is 5.60. The van der Waals surface area contributed by atoms with E-state index >= 15 is 0 Å². The van der Waals surface area contributed by atoms with Crippen LogP contribution in [0.25, 0.3) is 5.69 Å². The first-order valence-corrected chi connectivity index (χ1v) is 11.2. The quantitative estimate of drug-likeness (QED) is 0.423. The van der Waals surface area contributed by atoms with Crippen molar-refractivity contribution in [2.24, 2.45) is 5.41 Å². The molecule has 8 nitrogen and oxygen atoms in total. The van der Waals surface area contributed by atoms with E-state index in [4.69, 9.17) is 4.74 Å². The van der Waals surface area contributed by atoms with Gasteiger partial charge in [-0.1, -0.05) is 51.1 Å². The minimum Gasteiger partial charge on any atom is -0.481 e. The van der Waals surface area contributed by atoms with E-state index in [1.807, 2.05) is 39.8 Å². The number of aromatic nitrogens is 2. The molecule has 9 heteroatoms. The molecule has 0 radical (unpaired) electrons. The van der Waals surface area contributed by atoms with Gasteiger partial charge < -0.3 is 20.3 Å². The van der Waals surface area contributed by atoms with Crippen LogP contribution in [0.3, 0.4) is 0 Å². The molecule has 0 bridgehead atoms. The van der Waals surface area contributed by atoms with E-state index < -0.39 is 35.3 Å². The molecule has 0 aliphatic carbocycles. The van der Waals surface area contributed by atoms with Crippen LogP contribution in [0.5, 0.6) is 5.88 Å². The summed E-state index contributed by atoms with van der Waals surface area (Å²) in [6.45, 7) is 7.34. The monoisotopic (exact) mass is 483 g/mol. The van der Waals surface area contributed by atoms with Crippen molar-refractivity contribution in [2.75, 3.05) is 6.61 Å². The third kappa shape index (κ3) is 6.66. The summed E-state index contributed by atoms with van der Waals surface area (Å²) in [5, 5.41) is 26.8. The van der Waals surface area contributed by atoms with Gasteiger partial charge in [0.1, 0.15) is 12.4 Å².